The smallest absolute Gasteiger partial charge is 0.124 e. The molecule has 0 aliphatic carbocycles. The first-order chi connectivity index (χ1) is 10.7. The van der Waals surface area contributed by atoms with Gasteiger partial charge in [0.05, 0.1) is 13.2 Å². The van der Waals surface area contributed by atoms with Gasteiger partial charge in [0, 0.05) is 41.6 Å². The van der Waals surface area contributed by atoms with Crippen molar-refractivity contribution in [3.8, 4) is 5.75 Å². The van der Waals surface area contributed by atoms with E-state index in [0.717, 1.165) is 42.5 Å². The molecule has 1 aliphatic rings. The van der Waals surface area contributed by atoms with Crippen molar-refractivity contribution in [1.29, 1.82) is 0 Å². The molecule has 2 aromatic rings. The van der Waals surface area contributed by atoms with Crippen molar-refractivity contribution in [2.24, 2.45) is 0 Å². The van der Waals surface area contributed by atoms with Crippen LogP contribution in [-0.4, -0.2) is 38.2 Å². The topological polar surface area (TPSA) is 24.5 Å². The lowest BCUT2D eigenvalue weighted by atomic mass is 9.99. The van der Waals surface area contributed by atoms with Crippen LogP contribution in [0.3, 0.4) is 0 Å². The summed E-state index contributed by atoms with van der Waals surface area (Å²) in [6.07, 6.45) is 0. The molecule has 2 heterocycles. The second-order valence-electron chi connectivity index (χ2n) is 5.54. The molecule has 1 aliphatic heterocycles. The van der Waals surface area contributed by atoms with Gasteiger partial charge in [-0.2, -0.15) is 0 Å². The number of hydrogen-bond acceptors (Lipinski definition) is 4. The zero-order chi connectivity index (χ0) is 15.5. The Balaban J connectivity index is 2.09. The van der Waals surface area contributed by atoms with Crippen LogP contribution in [0, 0.1) is 6.92 Å². The van der Waals surface area contributed by atoms with E-state index in [0.29, 0.717) is 0 Å². The van der Waals surface area contributed by atoms with Crippen LogP contribution in [0.25, 0.3) is 0 Å². The molecule has 3 rings (SSSR count). The van der Waals surface area contributed by atoms with E-state index < -0.39 is 0 Å². The number of nitrogens with zero attached hydrogens (tertiary/aromatic N) is 1. The van der Waals surface area contributed by atoms with Gasteiger partial charge in [0.1, 0.15) is 5.75 Å². The van der Waals surface area contributed by atoms with Gasteiger partial charge in [-0.3, -0.25) is 4.90 Å². The van der Waals surface area contributed by atoms with E-state index >= 15 is 0 Å². The first-order valence-electron chi connectivity index (χ1n) is 7.53. The lowest BCUT2D eigenvalue weighted by Gasteiger charge is -2.35. The lowest BCUT2D eigenvalue weighted by molar-refractivity contribution is 0.197. The Morgan fingerprint density at radius 2 is 2.05 bits per heavy atom. The minimum atomic E-state index is 0.204. The van der Waals surface area contributed by atoms with Crippen molar-refractivity contribution in [3.05, 3.63) is 50.7 Å². The van der Waals surface area contributed by atoms with E-state index in [9.17, 15) is 0 Å². The van der Waals surface area contributed by atoms with Crippen molar-refractivity contribution < 1.29 is 4.74 Å². The van der Waals surface area contributed by atoms with Gasteiger partial charge in [-0.25, -0.2) is 0 Å². The predicted octanol–water partition coefficient (Wildman–Crippen LogP) is 3.71. The molecule has 1 saturated heterocycles. The molecule has 0 radical (unpaired) electrons. The third-order valence-corrected chi connectivity index (χ3v) is 5.46. The number of benzene rings is 1. The summed E-state index contributed by atoms with van der Waals surface area (Å²) in [5.74, 6) is 0.903. The summed E-state index contributed by atoms with van der Waals surface area (Å²) in [4.78, 5) is 3.89. The fourth-order valence-electron chi connectivity index (χ4n) is 3.03. The van der Waals surface area contributed by atoms with Gasteiger partial charge in [-0.1, -0.05) is 11.6 Å². The molecule has 5 heteroatoms. The van der Waals surface area contributed by atoms with Crippen molar-refractivity contribution >= 4 is 22.9 Å². The number of halogens is 1. The van der Waals surface area contributed by atoms with Crippen LogP contribution < -0.4 is 10.1 Å². The molecular weight excluding hydrogens is 316 g/mol. The molecule has 1 unspecified atom stereocenters. The fraction of sp³-hybridized carbons (Fsp3) is 0.412. The largest absolute Gasteiger partial charge is 0.496 e. The highest BCUT2D eigenvalue weighted by Gasteiger charge is 2.28. The zero-order valence-corrected chi connectivity index (χ0v) is 14.5. The third-order valence-electron chi connectivity index (χ3n) is 4.15. The van der Waals surface area contributed by atoms with E-state index in [2.05, 4.69) is 28.6 Å². The molecular formula is C17H21ClN2OS. The van der Waals surface area contributed by atoms with E-state index in [-0.39, 0.29) is 6.04 Å². The van der Waals surface area contributed by atoms with E-state index in [1.165, 1.54) is 10.4 Å². The molecule has 118 valence electrons. The summed E-state index contributed by atoms with van der Waals surface area (Å²) < 4.78 is 5.61. The van der Waals surface area contributed by atoms with Gasteiger partial charge in [0.2, 0.25) is 0 Å². The second-order valence-corrected chi connectivity index (χ2v) is 6.93. The van der Waals surface area contributed by atoms with Gasteiger partial charge >= 0.3 is 0 Å². The Morgan fingerprint density at radius 3 is 2.68 bits per heavy atom. The monoisotopic (exact) mass is 336 g/mol. The van der Waals surface area contributed by atoms with Crippen molar-refractivity contribution in [2.75, 3.05) is 33.3 Å². The molecule has 0 bridgehead atoms. The average Bonchev–Trinajstić information content (AvgIpc) is 2.95. The van der Waals surface area contributed by atoms with Crippen LogP contribution in [0.5, 0.6) is 5.75 Å². The minimum Gasteiger partial charge on any atom is -0.496 e. The number of nitrogens with one attached hydrogen (secondary N) is 1. The van der Waals surface area contributed by atoms with Crippen LogP contribution in [0.4, 0.5) is 0 Å². The van der Waals surface area contributed by atoms with Gasteiger partial charge in [0.25, 0.3) is 0 Å². The first-order valence-corrected chi connectivity index (χ1v) is 8.78. The Kier molecular flexibility index (Phi) is 5.03. The third kappa shape index (κ3) is 3.15. The molecule has 22 heavy (non-hydrogen) atoms. The summed E-state index contributed by atoms with van der Waals surface area (Å²) in [7, 11) is 1.73. The number of thiophene rings is 1. The maximum Gasteiger partial charge on any atom is 0.124 e. The van der Waals surface area contributed by atoms with E-state index in [1.54, 1.807) is 7.11 Å². The molecule has 3 nitrogen and oxygen atoms in total. The first kappa shape index (κ1) is 15.8. The maximum absolute atomic E-state index is 6.27. The normalized spacial score (nSPS) is 17.4. The SMILES string of the molecule is COc1ccc(Cl)cc1C(c1sccc1C)N1CCNCC1. The van der Waals surface area contributed by atoms with Crippen LogP contribution in [-0.2, 0) is 0 Å². The van der Waals surface area contributed by atoms with Crippen molar-refractivity contribution in [3.63, 3.8) is 0 Å². The predicted molar refractivity (Wildman–Crippen MR) is 93.3 cm³/mol. The van der Waals surface area contributed by atoms with Crippen molar-refractivity contribution in [1.82, 2.24) is 10.2 Å². The summed E-state index contributed by atoms with van der Waals surface area (Å²) in [6.45, 7) is 6.26. The summed E-state index contributed by atoms with van der Waals surface area (Å²) in [6, 6.07) is 8.30. The molecule has 0 saturated carbocycles. The highest BCUT2D eigenvalue weighted by Crippen LogP contribution is 2.39. The highest BCUT2D eigenvalue weighted by molar-refractivity contribution is 7.10. The van der Waals surface area contributed by atoms with Crippen LogP contribution >= 0.6 is 22.9 Å². The quantitative estimate of drug-likeness (QED) is 0.921. The van der Waals surface area contributed by atoms with Gasteiger partial charge < -0.3 is 10.1 Å². The van der Waals surface area contributed by atoms with E-state index in [1.807, 2.05) is 29.5 Å². The van der Waals surface area contributed by atoms with Crippen LogP contribution in [0.1, 0.15) is 22.0 Å². The van der Waals surface area contributed by atoms with Gasteiger partial charge in [-0.05, 0) is 42.1 Å². The van der Waals surface area contributed by atoms with Crippen LogP contribution in [0.2, 0.25) is 5.02 Å². The molecule has 1 aromatic heterocycles. The Bertz CT molecular complexity index is 637. The van der Waals surface area contributed by atoms with Crippen LogP contribution in [0.15, 0.2) is 29.6 Å². The fourth-order valence-corrected chi connectivity index (χ4v) is 4.29. The molecule has 1 N–H and O–H groups in total. The summed E-state index contributed by atoms with van der Waals surface area (Å²) >= 11 is 8.09. The number of methoxy groups -OCH3 is 1. The number of piperazine rings is 1. The Morgan fingerprint density at radius 1 is 1.27 bits per heavy atom. The Hall–Kier alpha value is -1.07. The average molecular weight is 337 g/mol. The van der Waals surface area contributed by atoms with Gasteiger partial charge in [-0.15, -0.1) is 11.3 Å². The summed E-state index contributed by atoms with van der Waals surface area (Å²) in [5, 5.41) is 6.34. The number of ether oxygens (including phenoxy) is 1. The lowest BCUT2D eigenvalue weighted by Crippen LogP contribution is -2.45. The minimum absolute atomic E-state index is 0.204. The maximum atomic E-state index is 6.27. The second kappa shape index (κ2) is 7.01. The van der Waals surface area contributed by atoms with Crippen molar-refractivity contribution in [2.45, 2.75) is 13.0 Å². The Labute approximate surface area is 140 Å². The molecule has 1 aromatic carbocycles. The highest BCUT2D eigenvalue weighted by atomic mass is 35.5. The molecule has 0 amide bonds. The molecule has 0 spiro atoms. The molecule has 1 atom stereocenters. The summed E-state index contributed by atoms with van der Waals surface area (Å²) in [5.41, 5.74) is 2.48. The number of aryl methyl sites for hydroxylation is 1. The number of hydrogen-bond donors (Lipinski definition) is 1. The van der Waals surface area contributed by atoms with Gasteiger partial charge in [0.15, 0.2) is 0 Å². The number of rotatable bonds is 4. The molecule has 1 fully saturated rings. The standard InChI is InChI=1S/C17H21ClN2OS/c1-12-5-10-22-17(12)16(20-8-6-19-7-9-20)14-11-13(18)3-4-15(14)21-2/h3-5,10-11,16,19H,6-9H2,1-2H3. The zero-order valence-electron chi connectivity index (χ0n) is 12.9. The van der Waals surface area contributed by atoms with E-state index in [4.69, 9.17) is 16.3 Å².